The van der Waals surface area contributed by atoms with Gasteiger partial charge in [0.2, 0.25) is 0 Å². The third kappa shape index (κ3) is 5.78. The summed E-state index contributed by atoms with van der Waals surface area (Å²) in [6, 6.07) is 0.951. The van der Waals surface area contributed by atoms with E-state index in [0.29, 0.717) is 12.1 Å². The van der Waals surface area contributed by atoms with Crippen molar-refractivity contribution in [3.63, 3.8) is 0 Å². The van der Waals surface area contributed by atoms with Crippen LogP contribution in [0.2, 0.25) is 0 Å². The molecule has 0 radical (unpaired) electrons. The van der Waals surface area contributed by atoms with Crippen LogP contribution in [-0.4, -0.2) is 73.5 Å². The van der Waals surface area contributed by atoms with E-state index in [2.05, 4.69) is 23.6 Å². The van der Waals surface area contributed by atoms with Crippen LogP contribution in [0.25, 0.3) is 0 Å². The molecule has 1 aliphatic rings. The highest BCUT2D eigenvalue weighted by Gasteiger charge is 2.25. The Labute approximate surface area is 118 Å². The number of aliphatic hydroxyl groups excluding tert-OH is 1. The van der Waals surface area contributed by atoms with E-state index in [-0.39, 0.29) is 6.61 Å². The van der Waals surface area contributed by atoms with Crippen LogP contribution < -0.4 is 0 Å². The van der Waals surface area contributed by atoms with Gasteiger partial charge < -0.3 is 9.84 Å². The van der Waals surface area contributed by atoms with E-state index in [1.165, 1.54) is 25.9 Å². The molecule has 2 atom stereocenters. The number of methoxy groups -OCH3 is 1. The van der Waals surface area contributed by atoms with E-state index in [1.54, 1.807) is 7.11 Å². The van der Waals surface area contributed by atoms with Gasteiger partial charge >= 0.3 is 0 Å². The molecule has 19 heavy (non-hydrogen) atoms. The molecule has 114 valence electrons. The minimum absolute atomic E-state index is 0.278. The molecule has 2 unspecified atom stereocenters. The molecular weight excluding hydrogens is 240 g/mol. The summed E-state index contributed by atoms with van der Waals surface area (Å²) in [5.41, 5.74) is 0. The Morgan fingerprint density at radius 2 is 2.00 bits per heavy atom. The minimum Gasteiger partial charge on any atom is -0.396 e. The summed E-state index contributed by atoms with van der Waals surface area (Å²) < 4.78 is 5.42. The number of hydrogen-bond donors (Lipinski definition) is 1. The molecule has 1 aliphatic heterocycles. The lowest BCUT2D eigenvalue weighted by Crippen LogP contribution is -2.48. The van der Waals surface area contributed by atoms with Gasteiger partial charge in [0.05, 0.1) is 6.61 Å². The molecule has 0 saturated carbocycles. The molecule has 0 spiro atoms. The number of rotatable bonds is 10. The van der Waals surface area contributed by atoms with Gasteiger partial charge in [-0.15, -0.1) is 0 Å². The summed E-state index contributed by atoms with van der Waals surface area (Å²) in [5, 5.41) is 9.14. The zero-order valence-electron chi connectivity index (χ0n) is 13.0. The molecule has 1 saturated heterocycles. The number of ether oxygens (including phenoxy) is 1. The zero-order chi connectivity index (χ0) is 14.1. The standard InChI is InChI=1S/C15H32N2O2/c1-4-8-17(14(2)7-11-18)12-15(13-19-3)16-9-5-6-10-16/h14-15,18H,4-13H2,1-3H3. The van der Waals surface area contributed by atoms with Gasteiger partial charge in [-0.1, -0.05) is 6.92 Å². The Balaban J connectivity index is 2.55. The Hall–Kier alpha value is -0.160. The highest BCUT2D eigenvalue weighted by molar-refractivity contribution is 4.81. The minimum atomic E-state index is 0.278. The Morgan fingerprint density at radius 1 is 1.32 bits per heavy atom. The van der Waals surface area contributed by atoms with Crippen LogP contribution in [0.1, 0.15) is 39.5 Å². The van der Waals surface area contributed by atoms with Crippen LogP contribution in [0.3, 0.4) is 0 Å². The molecule has 0 aliphatic carbocycles. The molecule has 1 fully saturated rings. The van der Waals surface area contributed by atoms with Crippen molar-refractivity contribution >= 4 is 0 Å². The fourth-order valence-corrected chi connectivity index (χ4v) is 2.99. The Bertz CT molecular complexity index is 220. The number of aliphatic hydroxyl groups is 1. The summed E-state index contributed by atoms with van der Waals surface area (Å²) in [6.45, 7) is 10.1. The van der Waals surface area contributed by atoms with Crippen molar-refractivity contribution in [2.75, 3.05) is 46.5 Å². The summed E-state index contributed by atoms with van der Waals surface area (Å²) in [6.07, 6.45) is 4.66. The van der Waals surface area contributed by atoms with Gasteiger partial charge in [0.25, 0.3) is 0 Å². The van der Waals surface area contributed by atoms with Crippen LogP contribution in [0.4, 0.5) is 0 Å². The molecule has 1 rings (SSSR count). The number of hydrogen-bond acceptors (Lipinski definition) is 4. The highest BCUT2D eigenvalue weighted by atomic mass is 16.5. The molecular formula is C15H32N2O2. The first-order chi connectivity index (χ1) is 9.22. The maximum absolute atomic E-state index is 9.14. The van der Waals surface area contributed by atoms with Gasteiger partial charge in [-0.25, -0.2) is 0 Å². The second-order valence-corrected chi connectivity index (χ2v) is 5.71. The van der Waals surface area contributed by atoms with Crippen LogP contribution in [0.5, 0.6) is 0 Å². The van der Waals surface area contributed by atoms with Gasteiger partial charge in [-0.2, -0.15) is 0 Å². The van der Waals surface area contributed by atoms with Crippen molar-refractivity contribution in [1.82, 2.24) is 9.80 Å². The maximum atomic E-state index is 9.14. The Morgan fingerprint density at radius 3 is 2.53 bits per heavy atom. The molecule has 1 N–H and O–H groups in total. The van der Waals surface area contributed by atoms with Crippen LogP contribution in [0, 0.1) is 0 Å². The average molecular weight is 272 g/mol. The van der Waals surface area contributed by atoms with Gasteiger partial charge in [-0.05, 0) is 52.2 Å². The van der Waals surface area contributed by atoms with Crippen LogP contribution >= 0.6 is 0 Å². The summed E-state index contributed by atoms with van der Waals surface area (Å²) in [4.78, 5) is 5.08. The highest BCUT2D eigenvalue weighted by Crippen LogP contribution is 2.15. The first-order valence-electron chi connectivity index (χ1n) is 7.80. The summed E-state index contributed by atoms with van der Waals surface area (Å²) in [7, 11) is 1.80. The van der Waals surface area contributed by atoms with E-state index >= 15 is 0 Å². The van der Waals surface area contributed by atoms with Gasteiger partial charge in [0.15, 0.2) is 0 Å². The molecule has 0 aromatic carbocycles. The van der Waals surface area contributed by atoms with Gasteiger partial charge in [0.1, 0.15) is 0 Å². The molecule has 0 aromatic rings. The van der Waals surface area contributed by atoms with E-state index in [1.807, 2.05) is 0 Å². The second kappa shape index (κ2) is 9.70. The fraction of sp³-hybridized carbons (Fsp3) is 1.00. The van der Waals surface area contributed by atoms with E-state index in [4.69, 9.17) is 9.84 Å². The maximum Gasteiger partial charge on any atom is 0.0630 e. The first kappa shape index (κ1) is 16.9. The molecule has 0 bridgehead atoms. The van der Waals surface area contributed by atoms with E-state index < -0.39 is 0 Å². The second-order valence-electron chi connectivity index (χ2n) is 5.71. The zero-order valence-corrected chi connectivity index (χ0v) is 13.0. The molecule has 1 heterocycles. The van der Waals surface area contributed by atoms with Crippen LogP contribution in [0.15, 0.2) is 0 Å². The van der Waals surface area contributed by atoms with Crippen molar-refractivity contribution in [1.29, 1.82) is 0 Å². The van der Waals surface area contributed by atoms with Crippen molar-refractivity contribution in [2.45, 2.75) is 51.6 Å². The normalized spacial score (nSPS) is 20.1. The summed E-state index contributed by atoms with van der Waals surface area (Å²) >= 11 is 0. The van der Waals surface area contributed by atoms with Crippen molar-refractivity contribution < 1.29 is 9.84 Å². The van der Waals surface area contributed by atoms with Crippen molar-refractivity contribution in [3.05, 3.63) is 0 Å². The number of likely N-dealkylation sites (tertiary alicyclic amines) is 1. The quantitative estimate of drug-likeness (QED) is 0.655. The third-order valence-electron chi connectivity index (χ3n) is 4.14. The van der Waals surface area contributed by atoms with Gasteiger partial charge in [0, 0.05) is 32.3 Å². The Kier molecular flexibility index (Phi) is 8.62. The molecule has 4 heteroatoms. The van der Waals surface area contributed by atoms with Crippen LogP contribution in [-0.2, 0) is 4.74 Å². The van der Waals surface area contributed by atoms with E-state index in [0.717, 1.165) is 32.5 Å². The lowest BCUT2D eigenvalue weighted by Gasteiger charge is -2.35. The molecule has 0 amide bonds. The van der Waals surface area contributed by atoms with Crippen molar-refractivity contribution in [2.24, 2.45) is 0 Å². The first-order valence-corrected chi connectivity index (χ1v) is 7.80. The summed E-state index contributed by atoms with van der Waals surface area (Å²) in [5.74, 6) is 0. The SMILES string of the molecule is CCCN(CC(COC)N1CCCC1)C(C)CCO. The predicted octanol–water partition coefficient (Wildman–Crippen LogP) is 1.58. The van der Waals surface area contributed by atoms with E-state index in [9.17, 15) is 0 Å². The predicted molar refractivity (Wildman–Crippen MR) is 79.5 cm³/mol. The van der Waals surface area contributed by atoms with Gasteiger partial charge in [-0.3, -0.25) is 9.80 Å². The fourth-order valence-electron chi connectivity index (χ4n) is 2.99. The third-order valence-corrected chi connectivity index (χ3v) is 4.14. The van der Waals surface area contributed by atoms with Crippen molar-refractivity contribution in [3.8, 4) is 0 Å². The monoisotopic (exact) mass is 272 g/mol. The molecule has 0 aromatic heterocycles. The largest absolute Gasteiger partial charge is 0.396 e. The lowest BCUT2D eigenvalue weighted by atomic mass is 10.1. The molecule has 4 nitrogen and oxygen atoms in total. The smallest absolute Gasteiger partial charge is 0.0630 e. The lowest BCUT2D eigenvalue weighted by molar-refractivity contribution is 0.0609. The topological polar surface area (TPSA) is 35.9 Å². The average Bonchev–Trinajstić information content (AvgIpc) is 2.91. The number of nitrogens with zero attached hydrogens (tertiary/aromatic N) is 2.